The Kier molecular flexibility index (Phi) is 4.05. The van der Waals surface area contributed by atoms with E-state index in [4.69, 9.17) is 5.11 Å². The lowest BCUT2D eigenvalue weighted by Gasteiger charge is -2.12. The van der Waals surface area contributed by atoms with Crippen molar-refractivity contribution in [1.82, 2.24) is 20.0 Å². The molecule has 2 N–H and O–H groups in total. The van der Waals surface area contributed by atoms with Crippen LogP contribution in [0.5, 0.6) is 0 Å². The third-order valence-corrected chi connectivity index (χ3v) is 2.50. The van der Waals surface area contributed by atoms with Gasteiger partial charge < -0.3 is 10.4 Å². The maximum Gasteiger partial charge on any atom is 0.419 e. The Labute approximate surface area is 116 Å². The number of hydrogen-bond donors (Lipinski definition) is 2. The molecule has 0 atom stereocenters. The topological polar surface area (TPSA) is 92.9 Å². The number of carboxylic acid groups (broad SMARTS) is 1. The van der Waals surface area contributed by atoms with Crippen LogP contribution in [0.4, 0.5) is 19.0 Å². The standard InChI is InChI=1S/C11H10F3N5O2/c12-11(13,14)7-2-1-3-15-9(7)16-4-5-19-6-8(10(20)21)17-18-19/h1-3,6H,4-5H2,(H,15,16)(H,20,21). The summed E-state index contributed by atoms with van der Waals surface area (Å²) >= 11 is 0. The van der Waals surface area contributed by atoms with Gasteiger partial charge in [0.05, 0.1) is 18.3 Å². The van der Waals surface area contributed by atoms with Crippen molar-refractivity contribution in [1.29, 1.82) is 0 Å². The fourth-order valence-electron chi connectivity index (χ4n) is 1.57. The number of hydrogen-bond acceptors (Lipinski definition) is 5. The summed E-state index contributed by atoms with van der Waals surface area (Å²) < 4.78 is 39.4. The molecule has 2 aromatic rings. The van der Waals surface area contributed by atoms with Gasteiger partial charge in [0.1, 0.15) is 5.82 Å². The van der Waals surface area contributed by atoms with E-state index in [1.165, 1.54) is 23.1 Å². The third-order valence-electron chi connectivity index (χ3n) is 2.50. The van der Waals surface area contributed by atoms with Crippen molar-refractivity contribution < 1.29 is 23.1 Å². The van der Waals surface area contributed by atoms with Gasteiger partial charge in [-0.1, -0.05) is 5.21 Å². The molecular formula is C11H10F3N5O2. The zero-order chi connectivity index (χ0) is 15.5. The van der Waals surface area contributed by atoms with Crippen LogP contribution in [0.2, 0.25) is 0 Å². The van der Waals surface area contributed by atoms with E-state index in [0.717, 1.165) is 6.07 Å². The second-order valence-electron chi connectivity index (χ2n) is 4.00. The van der Waals surface area contributed by atoms with Crippen molar-refractivity contribution in [3.8, 4) is 0 Å². The predicted octanol–water partition coefficient (Wildman–Crippen LogP) is 1.50. The van der Waals surface area contributed by atoms with Gasteiger partial charge in [0.2, 0.25) is 0 Å². The molecule has 0 aromatic carbocycles. The Morgan fingerprint density at radius 2 is 2.19 bits per heavy atom. The highest BCUT2D eigenvalue weighted by Gasteiger charge is 2.33. The Hall–Kier alpha value is -2.65. The second kappa shape index (κ2) is 5.77. The minimum atomic E-state index is -4.50. The van der Waals surface area contributed by atoms with Crippen molar-refractivity contribution >= 4 is 11.8 Å². The number of alkyl halides is 3. The van der Waals surface area contributed by atoms with E-state index in [-0.39, 0.29) is 24.6 Å². The molecule has 0 amide bonds. The quantitative estimate of drug-likeness (QED) is 0.869. The number of aromatic nitrogens is 4. The molecule has 21 heavy (non-hydrogen) atoms. The van der Waals surface area contributed by atoms with Crippen LogP contribution in [0.15, 0.2) is 24.5 Å². The number of aromatic carboxylic acids is 1. The molecule has 112 valence electrons. The van der Waals surface area contributed by atoms with E-state index in [1.54, 1.807) is 0 Å². The highest BCUT2D eigenvalue weighted by Crippen LogP contribution is 2.33. The van der Waals surface area contributed by atoms with E-state index in [9.17, 15) is 18.0 Å². The maximum atomic E-state index is 12.7. The molecule has 10 heteroatoms. The molecule has 7 nitrogen and oxygen atoms in total. The number of rotatable bonds is 5. The van der Waals surface area contributed by atoms with Crippen LogP contribution in [0.1, 0.15) is 16.1 Å². The molecule has 0 aliphatic heterocycles. The Morgan fingerprint density at radius 1 is 1.43 bits per heavy atom. The number of carbonyl (C=O) groups is 1. The smallest absolute Gasteiger partial charge is 0.419 e. The number of nitrogens with zero attached hydrogens (tertiary/aromatic N) is 4. The van der Waals surface area contributed by atoms with E-state index in [1.807, 2.05) is 0 Å². The maximum absolute atomic E-state index is 12.7. The van der Waals surface area contributed by atoms with Gasteiger partial charge in [-0.2, -0.15) is 13.2 Å². The Balaban J connectivity index is 1.99. The van der Waals surface area contributed by atoms with Gasteiger partial charge >= 0.3 is 12.1 Å². The third kappa shape index (κ3) is 3.68. The first-order valence-electron chi connectivity index (χ1n) is 5.77. The molecule has 0 spiro atoms. The Morgan fingerprint density at radius 3 is 2.81 bits per heavy atom. The lowest BCUT2D eigenvalue weighted by molar-refractivity contribution is -0.137. The lowest BCUT2D eigenvalue weighted by Crippen LogP contribution is -2.16. The summed E-state index contributed by atoms with van der Waals surface area (Å²) in [5.41, 5.74) is -1.10. The molecule has 0 aliphatic rings. The molecule has 0 aliphatic carbocycles. The normalized spacial score (nSPS) is 11.4. The molecule has 0 bridgehead atoms. The van der Waals surface area contributed by atoms with Gasteiger partial charge in [-0.25, -0.2) is 14.5 Å². The van der Waals surface area contributed by atoms with Gasteiger partial charge in [0.25, 0.3) is 0 Å². The van der Waals surface area contributed by atoms with E-state index in [2.05, 4.69) is 20.6 Å². The molecule has 0 radical (unpaired) electrons. The first-order chi connectivity index (χ1) is 9.88. The van der Waals surface area contributed by atoms with Crippen molar-refractivity contribution in [2.24, 2.45) is 0 Å². The van der Waals surface area contributed by atoms with Crippen LogP contribution in [-0.2, 0) is 12.7 Å². The van der Waals surface area contributed by atoms with Crippen LogP contribution in [-0.4, -0.2) is 37.6 Å². The molecule has 0 saturated heterocycles. The molecule has 0 fully saturated rings. The van der Waals surface area contributed by atoms with Crippen molar-refractivity contribution in [2.75, 3.05) is 11.9 Å². The fourth-order valence-corrected chi connectivity index (χ4v) is 1.57. The van der Waals surface area contributed by atoms with Crippen molar-refractivity contribution in [3.63, 3.8) is 0 Å². The zero-order valence-corrected chi connectivity index (χ0v) is 10.5. The molecule has 0 unspecified atom stereocenters. The molecule has 2 heterocycles. The predicted molar refractivity (Wildman–Crippen MR) is 64.7 cm³/mol. The van der Waals surface area contributed by atoms with Crippen molar-refractivity contribution in [3.05, 3.63) is 35.8 Å². The van der Waals surface area contributed by atoms with E-state index >= 15 is 0 Å². The van der Waals surface area contributed by atoms with Crippen LogP contribution >= 0.6 is 0 Å². The molecule has 2 aromatic heterocycles. The number of carboxylic acids is 1. The molecule has 0 saturated carbocycles. The minimum absolute atomic E-state index is 0.0858. The SMILES string of the molecule is O=C(O)c1cn(CCNc2ncccc2C(F)(F)F)nn1. The average Bonchev–Trinajstić information content (AvgIpc) is 2.87. The summed E-state index contributed by atoms with van der Waals surface area (Å²) in [5.74, 6) is -1.51. The lowest BCUT2D eigenvalue weighted by atomic mass is 10.2. The Bertz CT molecular complexity index is 641. The van der Waals surface area contributed by atoms with Gasteiger partial charge in [-0.05, 0) is 12.1 Å². The van der Waals surface area contributed by atoms with Crippen molar-refractivity contribution in [2.45, 2.75) is 12.7 Å². The number of nitrogens with one attached hydrogen (secondary N) is 1. The summed E-state index contributed by atoms with van der Waals surface area (Å²) in [7, 11) is 0. The van der Waals surface area contributed by atoms with Crippen LogP contribution in [0.25, 0.3) is 0 Å². The first kappa shape index (κ1) is 14.8. The van der Waals surface area contributed by atoms with Gasteiger partial charge in [-0.3, -0.25) is 0 Å². The van der Waals surface area contributed by atoms with Crippen LogP contribution in [0.3, 0.4) is 0 Å². The van der Waals surface area contributed by atoms with Gasteiger partial charge in [0.15, 0.2) is 5.69 Å². The monoisotopic (exact) mass is 301 g/mol. The summed E-state index contributed by atoms with van der Waals surface area (Å²) in [5, 5.41) is 18.1. The molecular weight excluding hydrogens is 291 g/mol. The summed E-state index contributed by atoms with van der Waals surface area (Å²) in [6.07, 6.45) is -2.07. The van der Waals surface area contributed by atoms with E-state index in [0.29, 0.717) is 0 Å². The average molecular weight is 301 g/mol. The summed E-state index contributed by atoms with van der Waals surface area (Å²) in [6, 6.07) is 2.12. The fraction of sp³-hybridized carbons (Fsp3) is 0.273. The zero-order valence-electron chi connectivity index (χ0n) is 10.5. The van der Waals surface area contributed by atoms with Gasteiger partial charge in [0, 0.05) is 12.7 Å². The highest BCUT2D eigenvalue weighted by atomic mass is 19.4. The van der Waals surface area contributed by atoms with Crippen LogP contribution in [0, 0.1) is 0 Å². The summed E-state index contributed by atoms with van der Waals surface area (Å²) in [4.78, 5) is 14.2. The second-order valence-corrected chi connectivity index (χ2v) is 4.00. The number of pyridine rings is 1. The number of anilines is 1. The largest absolute Gasteiger partial charge is 0.476 e. The minimum Gasteiger partial charge on any atom is -0.476 e. The molecule has 2 rings (SSSR count). The van der Waals surface area contributed by atoms with Gasteiger partial charge in [-0.15, -0.1) is 5.10 Å². The number of halogens is 3. The van der Waals surface area contributed by atoms with Crippen LogP contribution < -0.4 is 5.32 Å². The highest BCUT2D eigenvalue weighted by molar-refractivity contribution is 5.84. The van der Waals surface area contributed by atoms with E-state index < -0.39 is 17.7 Å². The summed E-state index contributed by atoms with van der Waals surface area (Å²) in [6.45, 7) is 0.233. The first-order valence-corrected chi connectivity index (χ1v) is 5.77.